The Morgan fingerprint density at radius 2 is 1.07 bits per heavy atom. The van der Waals surface area contributed by atoms with Crippen molar-refractivity contribution in [3.63, 3.8) is 0 Å². The number of rotatable bonds is 7. The van der Waals surface area contributed by atoms with E-state index in [2.05, 4.69) is 162 Å². The van der Waals surface area contributed by atoms with E-state index in [9.17, 15) is 0 Å². The van der Waals surface area contributed by atoms with Crippen molar-refractivity contribution >= 4 is 49.4 Å². The van der Waals surface area contributed by atoms with Crippen molar-refractivity contribution in [3.05, 3.63) is 163 Å². The Labute approximate surface area is 269 Å². The van der Waals surface area contributed by atoms with Crippen molar-refractivity contribution in [3.8, 4) is 22.3 Å². The molecule has 0 spiro atoms. The highest BCUT2D eigenvalue weighted by atomic mass is 15.2. The molecule has 0 fully saturated rings. The largest absolute Gasteiger partial charge is 0.384 e. The number of nitrogens with zero attached hydrogens (tertiary/aromatic N) is 1. The number of para-hydroxylation sites is 1. The van der Waals surface area contributed by atoms with E-state index in [4.69, 9.17) is 0 Å². The number of fused-ring (bicyclic) bond motifs is 1. The number of anilines is 3. The highest BCUT2D eigenvalue weighted by molar-refractivity contribution is 6.31. The molecular formula is C44H34N2. The predicted molar refractivity (Wildman–Crippen MR) is 197 cm³/mol. The first-order valence-electron chi connectivity index (χ1n) is 16.4. The molecule has 46 heavy (non-hydrogen) atoms. The molecule has 1 aliphatic heterocycles. The van der Waals surface area contributed by atoms with Gasteiger partial charge in [-0.1, -0.05) is 133 Å². The van der Waals surface area contributed by atoms with Crippen molar-refractivity contribution in [2.24, 2.45) is 0 Å². The molecule has 0 radical (unpaired) electrons. The lowest BCUT2D eigenvalue weighted by Crippen LogP contribution is -2.14. The fourth-order valence-corrected chi connectivity index (χ4v) is 7.63. The van der Waals surface area contributed by atoms with Crippen molar-refractivity contribution in [1.82, 2.24) is 0 Å². The lowest BCUT2D eigenvalue weighted by Gasteiger charge is -2.26. The standard InChI is InChI=1S/C44H34N2/c1-4-12-30(13-5-1)24-26-45-40-28-38(31-14-6-2-7-15-31)34-21-23-37-42(46-27-25-33-18-10-11-19-41(33)46)29-39(32-16-8-3-9-17-32)35-20-22-36(40)43(34)44(35)37/h1-23,28-29,45H,24-27H2. The highest BCUT2D eigenvalue weighted by Gasteiger charge is 2.25. The minimum Gasteiger partial charge on any atom is -0.384 e. The van der Waals surface area contributed by atoms with Gasteiger partial charge >= 0.3 is 0 Å². The summed E-state index contributed by atoms with van der Waals surface area (Å²) in [6.45, 7) is 1.85. The fourth-order valence-electron chi connectivity index (χ4n) is 7.63. The van der Waals surface area contributed by atoms with Gasteiger partial charge in [0.05, 0.1) is 0 Å². The second-order valence-corrected chi connectivity index (χ2v) is 12.4. The summed E-state index contributed by atoms with van der Waals surface area (Å²) in [5, 5.41) is 11.7. The van der Waals surface area contributed by atoms with Crippen LogP contribution in [-0.4, -0.2) is 13.1 Å². The summed E-state index contributed by atoms with van der Waals surface area (Å²) in [4.78, 5) is 2.55. The molecule has 0 aliphatic carbocycles. The molecule has 220 valence electrons. The maximum atomic E-state index is 3.88. The molecule has 2 heteroatoms. The number of hydrogen-bond acceptors (Lipinski definition) is 2. The van der Waals surface area contributed by atoms with Gasteiger partial charge < -0.3 is 10.2 Å². The lowest BCUT2D eigenvalue weighted by molar-refractivity contribution is 1.00. The first-order chi connectivity index (χ1) is 22.8. The molecule has 1 aliphatic rings. The average molecular weight is 591 g/mol. The van der Waals surface area contributed by atoms with E-state index >= 15 is 0 Å². The maximum absolute atomic E-state index is 3.88. The Kier molecular flexibility index (Phi) is 6.45. The Hall–Kier alpha value is -5.60. The third kappa shape index (κ3) is 4.41. The molecule has 0 amide bonds. The van der Waals surface area contributed by atoms with Crippen molar-refractivity contribution in [2.75, 3.05) is 23.3 Å². The SMILES string of the molecule is c1ccc(CCNc2cc(-c3ccccc3)c3ccc4c(N5CCc6ccccc65)cc(-c5ccccc5)c5ccc2c3c54)cc1. The number of nitrogens with one attached hydrogen (secondary N) is 1. The van der Waals surface area contributed by atoms with Crippen molar-refractivity contribution in [2.45, 2.75) is 12.8 Å². The minimum atomic E-state index is 0.868. The molecule has 0 bridgehead atoms. The zero-order valence-corrected chi connectivity index (χ0v) is 25.7. The van der Waals surface area contributed by atoms with Gasteiger partial charge in [-0.05, 0) is 75.2 Å². The van der Waals surface area contributed by atoms with Gasteiger partial charge in [0, 0.05) is 51.7 Å². The molecule has 2 nitrogen and oxygen atoms in total. The normalized spacial score (nSPS) is 12.7. The van der Waals surface area contributed by atoms with E-state index < -0.39 is 0 Å². The van der Waals surface area contributed by atoms with Gasteiger partial charge in [-0.2, -0.15) is 0 Å². The van der Waals surface area contributed by atoms with Crippen LogP contribution >= 0.6 is 0 Å². The Balaban J connectivity index is 1.33. The summed E-state index contributed by atoms with van der Waals surface area (Å²) in [6.07, 6.45) is 2.03. The Morgan fingerprint density at radius 1 is 0.500 bits per heavy atom. The fraction of sp³-hybridized carbons (Fsp3) is 0.0909. The number of hydrogen-bond donors (Lipinski definition) is 1. The lowest BCUT2D eigenvalue weighted by atomic mass is 9.85. The van der Waals surface area contributed by atoms with Crippen LogP contribution in [0.15, 0.2) is 152 Å². The van der Waals surface area contributed by atoms with Crippen LogP contribution in [-0.2, 0) is 12.8 Å². The molecule has 8 aromatic rings. The summed E-state index contributed by atoms with van der Waals surface area (Å²) in [5.74, 6) is 0. The summed E-state index contributed by atoms with van der Waals surface area (Å²) in [7, 11) is 0. The first kappa shape index (κ1) is 26.8. The quantitative estimate of drug-likeness (QED) is 0.186. The van der Waals surface area contributed by atoms with Gasteiger partial charge in [0.25, 0.3) is 0 Å². The Bertz CT molecular complexity index is 2330. The van der Waals surface area contributed by atoms with E-state index in [1.54, 1.807) is 0 Å². The first-order valence-corrected chi connectivity index (χ1v) is 16.4. The van der Waals surface area contributed by atoms with Crippen LogP contribution in [0.2, 0.25) is 0 Å². The van der Waals surface area contributed by atoms with Gasteiger partial charge in [0.1, 0.15) is 0 Å². The molecule has 9 rings (SSSR count). The molecule has 1 N–H and O–H groups in total. The Morgan fingerprint density at radius 3 is 1.78 bits per heavy atom. The van der Waals surface area contributed by atoms with Gasteiger partial charge in [-0.15, -0.1) is 0 Å². The second-order valence-electron chi connectivity index (χ2n) is 12.4. The molecular weight excluding hydrogens is 556 g/mol. The zero-order valence-electron chi connectivity index (χ0n) is 25.7. The van der Waals surface area contributed by atoms with Crippen LogP contribution in [0, 0.1) is 0 Å². The average Bonchev–Trinajstić information content (AvgIpc) is 3.56. The van der Waals surface area contributed by atoms with Gasteiger partial charge in [0.15, 0.2) is 0 Å². The topological polar surface area (TPSA) is 15.3 Å². The van der Waals surface area contributed by atoms with E-state index in [1.807, 2.05) is 0 Å². The molecule has 8 aromatic carbocycles. The molecule has 1 heterocycles. The molecule has 0 aromatic heterocycles. The van der Waals surface area contributed by atoms with Crippen LogP contribution < -0.4 is 10.2 Å². The minimum absolute atomic E-state index is 0.868. The zero-order chi connectivity index (χ0) is 30.5. The summed E-state index contributed by atoms with van der Waals surface area (Å²) < 4.78 is 0. The van der Waals surface area contributed by atoms with Crippen LogP contribution in [0.3, 0.4) is 0 Å². The predicted octanol–water partition coefficient (Wildman–Crippen LogP) is 11.3. The molecule has 0 atom stereocenters. The van der Waals surface area contributed by atoms with E-state index in [0.717, 1.165) is 25.9 Å². The summed E-state index contributed by atoms with van der Waals surface area (Å²) in [5.41, 5.74) is 11.6. The van der Waals surface area contributed by atoms with E-state index in [-0.39, 0.29) is 0 Å². The third-order valence-corrected chi connectivity index (χ3v) is 9.80. The van der Waals surface area contributed by atoms with Crippen LogP contribution in [0.4, 0.5) is 17.1 Å². The van der Waals surface area contributed by atoms with Crippen LogP contribution in [0.1, 0.15) is 11.1 Å². The van der Waals surface area contributed by atoms with Crippen LogP contribution in [0.5, 0.6) is 0 Å². The smallest absolute Gasteiger partial charge is 0.0497 e. The van der Waals surface area contributed by atoms with E-state index in [1.165, 1.54) is 82.8 Å². The molecule has 0 saturated carbocycles. The highest BCUT2D eigenvalue weighted by Crippen LogP contribution is 2.49. The molecule has 0 unspecified atom stereocenters. The van der Waals surface area contributed by atoms with Crippen molar-refractivity contribution < 1.29 is 0 Å². The van der Waals surface area contributed by atoms with Gasteiger partial charge in [0.2, 0.25) is 0 Å². The monoisotopic (exact) mass is 590 g/mol. The van der Waals surface area contributed by atoms with Gasteiger partial charge in [-0.3, -0.25) is 0 Å². The van der Waals surface area contributed by atoms with Crippen LogP contribution in [0.25, 0.3) is 54.6 Å². The van der Waals surface area contributed by atoms with Gasteiger partial charge in [-0.25, -0.2) is 0 Å². The van der Waals surface area contributed by atoms with E-state index in [0.29, 0.717) is 0 Å². The number of benzene rings is 8. The maximum Gasteiger partial charge on any atom is 0.0497 e. The summed E-state index contributed by atoms with van der Waals surface area (Å²) in [6, 6.07) is 55.7. The summed E-state index contributed by atoms with van der Waals surface area (Å²) >= 11 is 0. The van der Waals surface area contributed by atoms with Crippen molar-refractivity contribution in [1.29, 1.82) is 0 Å². The third-order valence-electron chi connectivity index (χ3n) is 9.80. The molecule has 0 saturated heterocycles. The second kappa shape index (κ2) is 11.1.